The van der Waals surface area contributed by atoms with Crippen LogP contribution in [0.4, 0.5) is 5.13 Å². The third-order valence-electron chi connectivity index (χ3n) is 3.52. The highest BCUT2D eigenvalue weighted by atomic mass is 35.5. The molecule has 1 unspecified atom stereocenters. The molecule has 0 fully saturated rings. The average molecular weight is 366 g/mol. The summed E-state index contributed by atoms with van der Waals surface area (Å²) in [5.41, 5.74) is 0.771. The Hall–Kier alpha value is -2.19. The Bertz CT molecular complexity index is 876. The normalized spacial score (nSPS) is 12.5. The van der Waals surface area contributed by atoms with Crippen LogP contribution in [0.3, 0.4) is 0 Å². The van der Waals surface area contributed by atoms with Crippen LogP contribution in [0.1, 0.15) is 35.4 Å². The van der Waals surface area contributed by atoms with E-state index < -0.39 is 5.97 Å². The number of hydrogen-bond donors (Lipinski definition) is 1. The number of ether oxygens (including phenoxy) is 1. The van der Waals surface area contributed by atoms with Gasteiger partial charge in [0.05, 0.1) is 13.2 Å². The molecule has 1 atom stereocenters. The van der Waals surface area contributed by atoms with Gasteiger partial charge in [-0.2, -0.15) is 0 Å². The Balaban J connectivity index is 1.94. The number of thiazole rings is 1. The quantitative estimate of drug-likeness (QED) is 0.697. The molecule has 0 aliphatic carbocycles. The van der Waals surface area contributed by atoms with Crippen LogP contribution in [-0.4, -0.2) is 32.7 Å². The van der Waals surface area contributed by atoms with Crippen LogP contribution >= 0.6 is 22.9 Å². The lowest BCUT2D eigenvalue weighted by molar-refractivity contribution is 0.0606. The largest absolute Gasteiger partial charge is 0.465 e. The number of carbonyl (C=O) groups excluding carboxylic acids is 1. The van der Waals surface area contributed by atoms with Gasteiger partial charge in [-0.1, -0.05) is 42.9 Å². The van der Waals surface area contributed by atoms with E-state index in [0.29, 0.717) is 5.13 Å². The number of anilines is 1. The van der Waals surface area contributed by atoms with Gasteiger partial charge in [-0.3, -0.25) is 4.40 Å². The van der Waals surface area contributed by atoms with E-state index >= 15 is 0 Å². The minimum Gasteiger partial charge on any atom is -0.465 e. The number of aromatic nitrogens is 4. The Labute approximate surface area is 147 Å². The lowest BCUT2D eigenvalue weighted by Gasteiger charge is -2.20. The number of nitrogens with one attached hydrogen (secondary N) is 1. The van der Waals surface area contributed by atoms with Crippen LogP contribution in [-0.2, 0) is 4.74 Å². The van der Waals surface area contributed by atoms with Crippen molar-refractivity contribution in [3.05, 3.63) is 40.3 Å². The number of methoxy groups -OCH3 is 1. The molecule has 0 amide bonds. The molecule has 3 heterocycles. The number of halogens is 1. The summed E-state index contributed by atoms with van der Waals surface area (Å²) >= 11 is 7.18. The lowest BCUT2D eigenvalue weighted by atomic mass is 10.0. The average Bonchev–Trinajstić information content (AvgIpc) is 3.15. The number of carbonyl (C=O) groups is 1. The fourth-order valence-corrected chi connectivity index (χ4v) is 3.46. The molecule has 0 aliphatic heterocycles. The van der Waals surface area contributed by atoms with Crippen LogP contribution in [0.2, 0.25) is 5.15 Å². The van der Waals surface area contributed by atoms with E-state index in [1.807, 2.05) is 28.8 Å². The summed E-state index contributed by atoms with van der Waals surface area (Å²) in [6.07, 6.45) is 1.91. The molecule has 7 nitrogen and oxygen atoms in total. The van der Waals surface area contributed by atoms with Gasteiger partial charge in [0.1, 0.15) is 0 Å². The van der Waals surface area contributed by atoms with Crippen LogP contribution in [0.5, 0.6) is 0 Å². The highest BCUT2D eigenvalue weighted by Gasteiger charge is 2.24. The number of nitrogens with zero attached hydrogens (tertiary/aromatic N) is 4. The number of pyridine rings is 1. The molecule has 126 valence electrons. The standard InChI is InChI=1S/C15H16ClN5O2S/c1-8(2)10(13-20-19-9-6-4-5-7-21(9)13)17-15-18-12(16)11(24-15)14(22)23-3/h4-8,10H,1-3H3,(H,17,18). The highest BCUT2D eigenvalue weighted by molar-refractivity contribution is 7.18. The molecule has 3 aromatic heterocycles. The van der Waals surface area contributed by atoms with E-state index in [-0.39, 0.29) is 22.0 Å². The molecule has 3 rings (SSSR count). The zero-order chi connectivity index (χ0) is 17.3. The second-order valence-corrected chi connectivity index (χ2v) is 6.84. The minimum absolute atomic E-state index is 0.128. The molecular weight excluding hydrogens is 350 g/mol. The highest BCUT2D eigenvalue weighted by Crippen LogP contribution is 2.32. The zero-order valence-electron chi connectivity index (χ0n) is 13.4. The monoisotopic (exact) mass is 365 g/mol. The van der Waals surface area contributed by atoms with Crippen molar-refractivity contribution < 1.29 is 9.53 Å². The second kappa shape index (κ2) is 6.74. The van der Waals surface area contributed by atoms with E-state index in [0.717, 1.165) is 22.8 Å². The van der Waals surface area contributed by atoms with Crippen molar-refractivity contribution in [3.63, 3.8) is 0 Å². The van der Waals surface area contributed by atoms with Gasteiger partial charge in [-0.05, 0) is 18.1 Å². The maximum Gasteiger partial charge on any atom is 0.351 e. The van der Waals surface area contributed by atoms with E-state index in [2.05, 4.69) is 34.3 Å². The SMILES string of the molecule is COC(=O)c1sc(NC(c2nnc3ccccn23)C(C)C)nc1Cl. The van der Waals surface area contributed by atoms with E-state index in [9.17, 15) is 4.79 Å². The summed E-state index contributed by atoms with van der Waals surface area (Å²) in [6, 6.07) is 5.58. The number of esters is 1. The molecule has 9 heteroatoms. The van der Waals surface area contributed by atoms with Crippen molar-refractivity contribution in [1.82, 2.24) is 19.6 Å². The Morgan fingerprint density at radius 3 is 2.88 bits per heavy atom. The molecule has 24 heavy (non-hydrogen) atoms. The van der Waals surface area contributed by atoms with Gasteiger partial charge >= 0.3 is 5.97 Å². The van der Waals surface area contributed by atoms with Crippen molar-refractivity contribution in [2.75, 3.05) is 12.4 Å². The molecule has 1 N–H and O–H groups in total. The van der Waals surface area contributed by atoms with Gasteiger partial charge in [0.2, 0.25) is 0 Å². The van der Waals surface area contributed by atoms with Gasteiger partial charge in [-0.25, -0.2) is 9.78 Å². The molecule has 0 saturated carbocycles. The summed E-state index contributed by atoms with van der Waals surface area (Å²) in [6.45, 7) is 4.14. The van der Waals surface area contributed by atoms with Crippen LogP contribution in [0, 0.1) is 5.92 Å². The van der Waals surface area contributed by atoms with E-state index in [1.165, 1.54) is 7.11 Å². The first-order valence-corrected chi connectivity index (χ1v) is 8.51. The van der Waals surface area contributed by atoms with Gasteiger partial charge < -0.3 is 10.1 Å². The summed E-state index contributed by atoms with van der Waals surface area (Å²) < 4.78 is 6.63. The topological polar surface area (TPSA) is 81.4 Å². The van der Waals surface area contributed by atoms with Crippen molar-refractivity contribution in [1.29, 1.82) is 0 Å². The minimum atomic E-state index is -0.500. The summed E-state index contributed by atoms with van der Waals surface area (Å²) in [7, 11) is 1.31. The maximum absolute atomic E-state index is 11.7. The zero-order valence-corrected chi connectivity index (χ0v) is 14.9. The van der Waals surface area contributed by atoms with E-state index in [4.69, 9.17) is 16.3 Å². The number of fused-ring (bicyclic) bond motifs is 1. The third-order valence-corrected chi connectivity index (χ3v) is 4.87. The molecule has 0 aromatic carbocycles. The van der Waals surface area contributed by atoms with Crippen LogP contribution in [0.25, 0.3) is 5.65 Å². The van der Waals surface area contributed by atoms with Gasteiger partial charge in [-0.15, -0.1) is 10.2 Å². The first kappa shape index (κ1) is 16.7. The smallest absolute Gasteiger partial charge is 0.351 e. The molecule has 0 saturated heterocycles. The second-order valence-electron chi connectivity index (χ2n) is 5.48. The van der Waals surface area contributed by atoms with Gasteiger partial charge in [0, 0.05) is 6.20 Å². The fraction of sp³-hybridized carbons (Fsp3) is 0.333. The van der Waals surface area contributed by atoms with Gasteiger partial charge in [0.15, 0.2) is 26.6 Å². The first-order valence-electron chi connectivity index (χ1n) is 7.32. The van der Waals surface area contributed by atoms with Crippen molar-refractivity contribution in [2.45, 2.75) is 19.9 Å². The Morgan fingerprint density at radius 2 is 2.17 bits per heavy atom. The predicted molar refractivity (Wildman–Crippen MR) is 92.7 cm³/mol. The van der Waals surface area contributed by atoms with Crippen molar-refractivity contribution >= 4 is 39.7 Å². The Kier molecular flexibility index (Phi) is 4.68. The molecule has 0 radical (unpaired) electrons. The van der Waals surface area contributed by atoms with Crippen molar-refractivity contribution in [2.24, 2.45) is 5.92 Å². The predicted octanol–water partition coefficient (Wildman–Crippen LogP) is 3.44. The molecule has 0 bridgehead atoms. The molecule has 0 aliphatic rings. The fourth-order valence-electron chi connectivity index (χ4n) is 2.32. The Morgan fingerprint density at radius 1 is 1.38 bits per heavy atom. The molecular formula is C15H16ClN5O2S. The third kappa shape index (κ3) is 3.07. The number of hydrogen-bond acceptors (Lipinski definition) is 7. The summed E-state index contributed by atoms with van der Waals surface area (Å²) in [5.74, 6) is 0.480. The summed E-state index contributed by atoms with van der Waals surface area (Å²) in [4.78, 5) is 16.2. The number of rotatable bonds is 5. The maximum atomic E-state index is 11.7. The molecule has 3 aromatic rings. The lowest BCUT2D eigenvalue weighted by Crippen LogP contribution is -2.19. The van der Waals surface area contributed by atoms with Crippen LogP contribution in [0.15, 0.2) is 24.4 Å². The first-order chi connectivity index (χ1) is 11.5. The summed E-state index contributed by atoms with van der Waals surface area (Å²) in [5, 5.41) is 12.4. The van der Waals surface area contributed by atoms with Crippen LogP contribution < -0.4 is 5.32 Å². The van der Waals surface area contributed by atoms with Gasteiger partial charge in [0.25, 0.3) is 0 Å². The molecule has 0 spiro atoms. The van der Waals surface area contributed by atoms with Crippen molar-refractivity contribution in [3.8, 4) is 0 Å². The van der Waals surface area contributed by atoms with E-state index in [1.54, 1.807) is 0 Å².